The third-order valence-electron chi connectivity index (χ3n) is 5.26. The number of thioether (sulfide) groups is 1. The van der Waals surface area contributed by atoms with Gasteiger partial charge in [0.25, 0.3) is 5.91 Å². The van der Waals surface area contributed by atoms with Gasteiger partial charge in [0.2, 0.25) is 5.91 Å². The van der Waals surface area contributed by atoms with Crippen molar-refractivity contribution < 1.29 is 24.2 Å². The van der Waals surface area contributed by atoms with E-state index in [4.69, 9.17) is 22.1 Å². The lowest BCUT2D eigenvalue weighted by Gasteiger charge is -2.30. The molecule has 7 nitrogen and oxygen atoms in total. The molecule has 2 saturated heterocycles. The fourth-order valence-corrected chi connectivity index (χ4v) is 4.78. The van der Waals surface area contributed by atoms with Gasteiger partial charge in [0, 0.05) is 26.1 Å². The van der Waals surface area contributed by atoms with Crippen molar-refractivity contribution in [2.75, 3.05) is 26.7 Å². The maximum atomic E-state index is 12.7. The number of likely N-dealkylation sites (tertiary alicyclic amines) is 1. The van der Waals surface area contributed by atoms with Gasteiger partial charge in [0.1, 0.15) is 10.1 Å². The Morgan fingerprint density at radius 2 is 1.93 bits per heavy atom. The molecular formula is C21H24N2O5S2. The summed E-state index contributed by atoms with van der Waals surface area (Å²) in [5.74, 6) is -0.550. The fraction of sp³-hybridized carbons (Fsp3) is 0.429. The van der Waals surface area contributed by atoms with Gasteiger partial charge >= 0.3 is 5.97 Å². The number of hydrogen-bond acceptors (Lipinski definition) is 6. The minimum atomic E-state index is -0.792. The van der Waals surface area contributed by atoms with Crippen LogP contribution < -0.4 is 4.74 Å². The second-order valence-electron chi connectivity index (χ2n) is 7.20. The lowest BCUT2D eigenvalue weighted by Crippen LogP contribution is -2.40. The average Bonchev–Trinajstić information content (AvgIpc) is 3.01. The van der Waals surface area contributed by atoms with E-state index >= 15 is 0 Å². The molecule has 160 valence electrons. The smallest absolute Gasteiger partial charge is 0.306 e. The maximum Gasteiger partial charge on any atom is 0.306 e. The molecule has 3 rings (SSSR count). The Morgan fingerprint density at radius 1 is 1.27 bits per heavy atom. The van der Waals surface area contributed by atoms with Crippen LogP contribution in [-0.2, 0) is 14.4 Å². The van der Waals surface area contributed by atoms with Crippen molar-refractivity contribution in [1.29, 1.82) is 0 Å². The molecule has 0 spiro atoms. The third-order valence-corrected chi connectivity index (χ3v) is 6.63. The Labute approximate surface area is 185 Å². The number of carboxylic acid groups (broad SMARTS) is 1. The van der Waals surface area contributed by atoms with Gasteiger partial charge in [0.05, 0.1) is 17.9 Å². The minimum Gasteiger partial charge on any atom is -0.497 e. The summed E-state index contributed by atoms with van der Waals surface area (Å²) in [5, 5.41) is 9.05. The highest BCUT2D eigenvalue weighted by Gasteiger charge is 2.32. The third kappa shape index (κ3) is 5.40. The normalized spacial score (nSPS) is 18.9. The summed E-state index contributed by atoms with van der Waals surface area (Å²) in [4.78, 5) is 39.9. The molecule has 0 bridgehead atoms. The zero-order valence-corrected chi connectivity index (χ0v) is 18.3. The van der Waals surface area contributed by atoms with E-state index in [1.807, 2.05) is 24.3 Å². The summed E-state index contributed by atoms with van der Waals surface area (Å²) in [6, 6.07) is 7.41. The first kappa shape index (κ1) is 22.3. The number of thiocarbonyl (C=S) groups is 1. The predicted octanol–water partition coefficient (Wildman–Crippen LogP) is 3.00. The summed E-state index contributed by atoms with van der Waals surface area (Å²) in [5.41, 5.74) is 0.885. The van der Waals surface area contributed by atoms with E-state index in [2.05, 4.69) is 0 Å². The van der Waals surface area contributed by atoms with Crippen molar-refractivity contribution in [2.45, 2.75) is 25.7 Å². The number of methoxy groups -OCH3 is 1. The molecule has 2 aliphatic heterocycles. The number of carboxylic acids is 1. The van der Waals surface area contributed by atoms with Crippen LogP contribution in [0.3, 0.4) is 0 Å². The molecule has 2 amide bonds. The molecule has 9 heteroatoms. The average molecular weight is 449 g/mol. The Hall–Kier alpha value is -2.39. The molecule has 1 aromatic carbocycles. The Kier molecular flexibility index (Phi) is 7.49. The van der Waals surface area contributed by atoms with E-state index in [0.29, 0.717) is 54.5 Å². The number of ether oxygens (including phenoxy) is 1. The zero-order valence-electron chi connectivity index (χ0n) is 16.7. The standard InChI is InChI=1S/C21H24N2O5S2/c1-28-16-6-4-14(5-7-16)13-17-19(25)23(21(29)30-17)10-2-3-18(24)22-11-8-15(9-12-22)20(26)27/h4-7,13,15H,2-3,8-12H2,1H3,(H,26,27). The summed E-state index contributed by atoms with van der Waals surface area (Å²) < 4.78 is 5.63. The second kappa shape index (κ2) is 10.1. The number of rotatable bonds is 7. The van der Waals surface area contributed by atoms with E-state index in [0.717, 1.165) is 11.3 Å². The van der Waals surface area contributed by atoms with Crippen LogP contribution in [0.1, 0.15) is 31.2 Å². The number of carbonyl (C=O) groups excluding carboxylic acids is 2. The van der Waals surface area contributed by atoms with Crippen LogP contribution in [0.4, 0.5) is 0 Å². The molecule has 0 saturated carbocycles. The number of amides is 2. The van der Waals surface area contributed by atoms with Gasteiger partial charge in [-0.25, -0.2) is 0 Å². The van der Waals surface area contributed by atoms with Gasteiger partial charge < -0.3 is 14.7 Å². The molecule has 2 heterocycles. The highest BCUT2D eigenvalue weighted by atomic mass is 32.2. The summed E-state index contributed by atoms with van der Waals surface area (Å²) in [6.07, 6.45) is 3.61. The van der Waals surface area contributed by atoms with Crippen molar-refractivity contribution >= 4 is 52.2 Å². The Balaban J connectivity index is 1.49. The van der Waals surface area contributed by atoms with Crippen LogP contribution in [0, 0.1) is 5.92 Å². The number of carbonyl (C=O) groups is 3. The molecule has 0 aromatic heterocycles. The SMILES string of the molecule is COc1ccc(C=C2SC(=S)N(CCCC(=O)N3CCC(C(=O)O)CC3)C2=O)cc1. The first-order valence-corrected chi connectivity index (χ1v) is 11.0. The van der Waals surface area contributed by atoms with Crippen LogP contribution in [-0.4, -0.2) is 63.8 Å². The van der Waals surface area contributed by atoms with E-state index in [1.165, 1.54) is 11.8 Å². The van der Waals surface area contributed by atoms with Crippen molar-refractivity contribution in [1.82, 2.24) is 9.80 Å². The first-order chi connectivity index (χ1) is 14.4. The second-order valence-corrected chi connectivity index (χ2v) is 8.88. The lowest BCUT2D eigenvalue weighted by molar-refractivity contribution is -0.145. The summed E-state index contributed by atoms with van der Waals surface area (Å²) in [6.45, 7) is 1.34. The van der Waals surface area contributed by atoms with Gasteiger partial charge in [-0.3, -0.25) is 19.3 Å². The molecular weight excluding hydrogens is 424 g/mol. The van der Waals surface area contributed by atoms with E-state index in [-0.39, 0.29) is 17.7 Å². The van der Waals surface area contributed by atoms with Crippen LogP contribution >= 0.6 is 24.0 Å². The quantitative estimate of drug-likeness (QED) is 0.507. The number of nitrogens with zero attached hydrogens (tertiary/aromatic N) is 2. The van der Waals surface area contributed by atoms with Crippen LogP contribution in [0.5, 0.6) is 5.75 Å². The minimum absolute atomic E-state index is 0.00180. The Morgan fingerprint density at radius 3 is 2.53 bits per heavy atom. The van der Waals surface area contributed by atoms with Gasteiger partial charge in [0.15, 0.2) is 0 Å². The fourth-order valence-electron chi connectivity index (χ4n) is 3.47. The molecule has 2 fully saturated rings. The molecule has 1 N–H and O–H groups in total. The van der Waals surface area contributed by atoms with Crippen molar-refractivity contribution in [3.63, 3.8) is 0 Å². The zero-order chi connectivity index (χ0) is 21.7. The number of hydrogen-bond donors (Lipinski definition) is 1. The number of benzene rings is 1. The molecule has 0 unspecified atom stereocenters. The maximum absolute atomic E-state index is 12.7. The molecule has 0 atom stereocenters. The highest BCUT2D eigenvalue weighted by molar-refractivity contribution is 8.26. The van der Waals surface area contributed by atoms with E-state index in [9.17, 15) is 14.4 Å². The van der Waals surface area contributed by atoms with Crippen LogP contribution in [0.25, 0.3) is 6.08 Å². The molecule has 30 heavy (non-hydrogen) atoms. The van der Waals surface area contributed by atoms with Crippen LogP contribution in [0.15, 0.2) is 29.2 Å². The molecule has 1 aromatic rings. The molecule has 0 aliphatic carbocycles. The summed E-state index contributed by atoms with van der Waals surface area (Å²) in [7, 11) is 1.60. The van der Waals surface area contributed by atoms with E-state index in [1.54, 1.807) is 23.0 Å². The predicted molar refractivity (Wildman–Crippen MR) is 119 cm³/mol. The molecule has 2 aliphatic rings. The van der Waals surface area contributed by atoms with Crippen molar-refractivity contribution in [3.05, 3.63) is 34.7 Å². The van der Waals surface area contributed by atoms with Gasteiger partial charge in [-0.05, 0) is 43.0 Å². The highest BCUT2D eigenvalue weighted by Crippen LogP contribution is 2.33. The monoisotopic (exact) mass is 448 g/mol. The van der Waals surface area contributed by atoms with Crippen molar-refractivity contribution in [2.24, 2.45) is 5.92 Å². The summed E-state index contributed by atoms with van der Waals surface area (Å²) >= 11 is 6.61. The molecule has 0 radical (unpaired) electrons. The lowest BCUT2D eigenvalue weighted by atomic mass is 9.97. The topological polar surface area (TPSA) is 87.2 Å². The largest absolute Gasteiger partial charge is 0.497 e. The Bertz CT molecular complexity index is 861. The van der Waals surface area contributed by atoms with Gasteiger partial charge in [-0.1, -0.05) is 36.1 Å². The van der Waals surface area contributed by atoms with Gasteiger partial charge in [-0.2, -0.15) is 0 Å². The number of piperidine rings is 1. The first-order valence-electron chi connectivity index (χ1n) is 9.79. The van der Waals surface area contributed by atoms with Gasteiger partial charge in [-0.15, -0.1) is 0 Å². The van der Waals surface area contributed by atoms with Crippen molar-refractivity contribution in [3.8, 4) is 5.75 Å². The van der Waals surface area contributed by atoms with E-state index < -0.39 is 5.97 Å². The van der Waals surface area contributed by atoms with Crippen LogP contribution in [0.2, 0.25) is 0 Å². The number of aliphatic carboxylic acids is 1.